The summed E-state index contributed by atoms with van der Waals surface area (Å²) in [4.78, 5) is 43.5. The Morgan fingerprint density at radius 3 is 2.67 bits per heavy atom. The van der Waals surface area contributed by atoms with Crippen LogP contribution in [0, 0.1) is 11.8 Å². The topological polar surface area (TPSA) is 118 Å². The number of carbonyl (C=O) groups is 3. The summed E-state index contributed by atoms with van der Waals surface area (Å²) in [7, 11) is 0. The Morgan fingerprint density at radius 1 is 1.12 bits per heavy atom. The highest BCUT2D eigenvalue weighted by molar-refractivity contribution is 9.10. The third-order valence-electron chi connectivity index (χ3n) is 8.94. The van der Waals surface area contributed by atoms with Crippen LogP contribution in [0.15, 0.2) is 47.2 Å². The van der Waals surface area contributed by atoms with E-state index in [9.17, 15) is 19.5 Å². The molecule has 0 radical (unpaired) electrons. The Morgan fingerprint density at radius 2 is 1.90 bits per heavy atom. The molecule has 1 fully saturated rings. The van der Waals surface area contributed by atoms with Crippen molar-refractivity contribution in [2.45, 2.75) is 64.8 Å². The molecule has 3 aliphatic rings. The molecule has 1 aromatic heterocycles. The molecule has 1 saturated carbocycles. The number of hydrogen-bond acceptors (Lipinski definition) is 6. The monoisotopic (exact) mass is 635 g/mol. The van der Waals surface area contributed by atoms with Crippen molar-refractivity contribution in [1.82, 2.24) is 24.6 Å². The van der Waals surface area contributed by atoms with Crippen LogP contribution < -0.4 is 4.74 Å². The highest BCUT2D eigenvalue weighted by Crippen LogP contribution is 2.43. The van der Waals surface area contributed by atoms with Crippen molar-refractivity contribution in [3.05, 3.63) is 75.3 Å². The minimum Gasteiger partial charge on any atom is -0.485 e. The molecule has 3 aromatic rings. The van der Waals surface area contributed by atoms with Crippen LogP contribution in [0.1, 0.15) is 71.5 Å². The van der Waals surface area contributed by atoms with Crippen LogP contribution in [-0.4, -0.2) is 60.5 Å². The van der Waals surface area contributed by atoms with Gasteiger partial charge >= 0.3 is 5.97 Å². The number of carboxylic acids is 1. The molecule has 11 heteroatoms. The largest absolute Gasteiger partial charge is 0.485 e. The molecule has 42 heavy (non-hydrogen) atoms. The van der Waals surface area contributed by atoms with Gasteiger partial charge in [-0.3, -0.25) is 14.4 Å². The lowest BCUT2D eigenvalue weighted by atomic mass is 9.77. The van der Waals surface area contributed by atoms with Gasteiger partial charge in [-0.1, -0.05) is 47.0 Å². The SMILES string of the molecule is CCn1cnnc1COc1ccc(Br)c2c1[C@@H](CN1Cc3ccccc3C1=O)N(C(=O)[C@@H]1CCCC[C@@H]1C(=O)O)CC2. The Bertz CT molecular complexity index is 1520. The number of aliphatic carboxylic acids is 1. The van der Waals surface area contributed by atoms with Crippen LogP contribution in [0.2, 0.25) is 0 Å². The maximum atomic E-state index is 14.3. The second-order valence-corrected chi connectivity index (χ2v) is 12.1. The number of fused-ring (bicyclic) bond motifs is 2. The number of halogens is 1. The van der Waals surface area contributed by atoms with E-state index in [1.165, 1.54) is 0 Å². The molecule has 3 heterocycles. The highest BCUT2D eigenvalue weighted by atomic mass is 79.9. The maximum absolute atomic E-state index is 14.3. The summed E-state index contributed by atoms with van der Waals surface area (Å²) in [6.07, 6.45) is 4.93. The lowest BCUT2D eigenvalue weighted by molar-refractivity contribution is -0.153. The van der Waals surface area contributed by atoms with Crippen molar-refractivity contribution in [3.8, 4) is 5.75 Å². The number of carboxylic acid groups (broad SMARTS) is 1. The number of aryl methyl sites for hydroxylation is 1. The number of ether oxygens (including phenoxy) is 1. The van der Waals surface area contributed by atoms with E-state index in [2.05, 4.69) is 26.1 Å². The first-order valence-electron chi connectivity index (χ1n) is 14.6. The zero-order valence-electron chi connectivity index (χ0n) is 23.5. The van der Waals surface area contributed by atoms with Crippen LogP contribution in [0.5, 0.6) is 5.75 Å². The second-order valence-electron chi connectivity index (χ2n) is 11.2. The number of aromatic nitrogens is 3. The van der Waals surface area contributed by atoms with Crippen LogP contribution in [0.25, 0.3) is 0 Å². The number of nitrogens with zero attached hydrogens (tertiary/aromatic N) is 5. The van der Waals surface area contributed by atoms with Gasteiger partial charge in [0.1, 0.15) is 18.7 Å². The molecule has 6 rings (SSSR count). The van der Waals surface area contributed by atoms with Gasteiger partial charge in [-0.25, -0.2) is 0 Å². The van der Waals surface area contributed by atoms with E-state index in [0.29, 0.717) is 56.0 Å². The molecule has 0 spiro atoms. The van der Waals surface area contributed by atoms with Crippen molar-refractivity contribution in [2.24, 2.45) is 11.8 Å². The quantitative estimate of drug-likeness (QED) is 0.384. The second kappa shape index (κ2) is 11.9. The smallest absolute Gasteiger partial charge is 0.307 e. The molecular weight excluding hydrogens is 602 g/mol. The number of amides is 2. The van der Waals surface area contributed by atoms with Gasteiger partial charge in [-0.15, -0.1) is 10.2 Å². The Hall–Kier alpha value is -3.73. The van der Waals surface area contributed by atoms with Gasteiger partial charge in [0, 0.05) is 41.8 Å². The number of rotatable bonds is 8. The van der Waals surface area contributed by atoms with E-state index in [0.717, 1.165) is 34.0 Å². The average Bonchev–Trinajstić information content (AvgIpc) is 3.60. The molecule has 1 aliphatic carbocycles. The zero-order valence-corrected chi connectivity index (χ0v) is 25.1. The summed E-state index contributed by atoms with van der Waals surface area (Å²) in [6, 6.07) is 10.9. The molecule has 2 aliphatic heterocycles. The predicted octanol–water partition coefficient (Wildman–Crippen LogP) is 4.61. The molecule has 10 nitrogen and oxygen atoms in total. The third-order valence-corrected chi connectivity index (χ3v) is 9.68. The summed E-state index contributed by atoms with van der Waals surface area (Å²) < 4.78 is 9.21. The average molecular weight is 637 g/mol. The highest BCUT2D eigenvalue weighted by Gasteiger charge is 2.44. The van der Waals surface area contributed by atoms with Crippen molar-refractivity contribution >= 4 is 33.7 Å². The molecule has 1 N–H and O–H groups in total. The molecular formula is C31H34BrN5O5. The van der Waals surface area contributed by atoms with Gasteiger partial charge < -0.3 is 24.2 Å². The summed E-state index contributed by atoms with van der Waals surface area (Å²) >= 11 is 3.72. The van der Waals surface area contributed by atoms with E-state index in [1.807, 2.05) is 52.8 Å². The van der Waals surface area contributed by atoms with Crippen LogP contribution >= 0.6 is 15.9 Å². The molecule has 3 atom stereocenters. The molecule has 2 amide bonds. The first kappa shape index (κ1) is 28.4. The fourth-order valence-electron chi connectivity index (χ4n) is 6.76. The van der Waals surface area contributed by atoms with Gasteiger partial charge in [-0.2, -0.15) is 0 Å². The normalized spacial score (nSPS) is 21.7. The Balaban J connectivity index is 1.38. The van der Waals surface area contributed by atoms with Gasteiger partial charge in [0.2, 0.25) is 5.91 Å². The lowest BCUT2D eigenvalue weighted by Crippen LogP contribution is -2.50. The molecule has 0 saturated heterocycles. The van der Waals surface area contributed by atoms with E-state index >= 15 is 0 Å². The molecule has 0 bridgehead atoms. The van der Waals surface area contributed by atoms with E-state index in [4.69, 9.17) is 4.74 Å². The number of benzene rings is 2. The van der Waals surface area contributed by atoms with Gasteiger partial charge in [0.15, 0.2) is 5.82 Å². The molecule has 220 valence electrons. The standard InChI is InChI=1S/C31H34BrN5O5/c1-2-35-18-33-34-27(35)17-42-26-12-11-24(32)23-13-14-37(30(39)21-9-5-6-10-22(21)31(40)41)25(28(23)26)16-36-15-19-7-3-4-8-20(19)29(36)38/h3-4,7-8,11-12,18,21-22,25H,2,5-6,9-10,13-17H2,1H3,(H,40,41)/t21-,22+,25-/m1/s1. The Kier molecular flexibility index (Phi) is 8.02. The Labute approximate surface area is 252 Å². The summed E-state index contributed by atoms with van der Waals surface area (Å²) in [5.74, 6) is -1.14. The minimum atomic E-state index is -0.918. The van der Waals surface area contributed by atoms with Crippen molar-refractivity contribution in [3.63, 3.8) is 0 Å². The minimum absolute atomic E-state index is 0.0697. The van der Waals surface area contributed by atoms with Gasteiger partial charge in [0.25, 0.3) is 5.91 Å². The number of hydrogen-bond donors (Lipinski definition) is 1. The predicted molar refractivity (Wildman–Crippen MR) is 157 cm³/mol. The molecule has 0 unspecified atom stereocenters. The summed E-state index contributed by atoms with van der Waals surface area (Å²) in [5.41, 5.74) is 3.51. The summed E-state index contributed by atoms with van der Waals surface area (Å²) in [5, 5.41) is 18.2. The van der Waals surface area contributed by atoms with Gasteiger partial charge in [0.05, 0.1) is 17.9 Å². The third kappa shape index (κ3) is 5.19. The van der Waals surface area contributed by atoms with E-state index in [1.54, 1.807) is 11.2 Å². The first-order valence-corrected chi connectivity index (χ1v) is 15.4. The van der Waals surface area contributed by atoms with Crippen molar-refractivity contribution < 1.29 is 24.2 Å². The van der Waals surface area contributed by atoms with E-state index < -0.39 is 23.8 Å². The number of carbonyl (C=O) groups excluding carboxylic acids is 2. The summed E-state index contributed by atoms with van der Waals surface area (Å²) in [6.45, 7) is 4.07. The molecule has 2 aromatic carbocycles. The maximum Gasteiger partial charge on any atom is 0.307 e. The van der Waals surface area contributed by atoms with Crippen LogP contribution in [0.3, 0.4) is 0 Å². The van der Waals surface area contributed by atoms with Crippen LogP contribution in [-0.2, 0) is 35.7 Å². The van der Waals surface area contributed by atoms with Gasteiger partial charge in [-0.05, 0) is 55.5 Å². The first-order chi connectivity index (χ1) is 20.4. The van der Waals surface area contributed by atoms with Crippen molar-refractivity contribution in [2.75, 3.05) is 13.1 Å². The van der Waals surface area contributed by atoms with E-state index in [-0.39, 0.29) is 25.0 Å². The fraction of sp³-hybridized carbons (Fsp3) is 0.452. The van der Waals surface area contributed by atoms with Crippen LogP contribution in [0.4, 0.5) is 0 Å². The lowest BCUT2D eigenvalue weighted by Gasteiger charge is -2.43. The fourth-order valence-corrected chi connectivity index (χ4v) is 7.31. The van der Waals surface area contributed by atoms with Crippen molar-refractivity contribution in [1.29, 1.82) is 0 Å². The zero-order chi connectivity index (χ0) is 29.4.